The van der Waals surface area contributed by atoms with Crippen molar-refractivity contribution in [2.45, 2.75) is 0 Å². The Morgan fingerprint density at radius 1 is 1.00 bits per heavy atom. The molecule has 0 saturated carbocycles. The minimum absolute atomic E-state index is 0.0987. The van der Waals surface area contributed by atoms with Crippen molar-refractivity contribution in [1.82, 2.24) is 0 Å². The van der Waals surface area contributed by atoms with E-state index in [1.165, 1.54) is 0 Å². The van der Waals surface area contributed by atoms with E-state index in [0.717, 1.165) is 25.4 Å². The zero-order valence-corrected chi connectivity index (χ0v) is 12.1. The molecule has 0 amide bonds. The van der Waals surface area contributed by atoms with Gasteiger partial charge in [0.15, 0.2) is 0 Å². The Kier molecular flexibility index (Phi) is 3.24. The standard InChI is InChI=1S/C16H12O2Se/c1-18-12-6-4-5-11(9-12)16-10-14(17)13-7-2-3-8-15(13)19-16/h2-10H,1H3. The van der Waals surface area contributed by atoms with Crippen molar-refractivity contribution in [3.05, 3.63) is 64.8 Å². The molecule has 0 bridgehead atoms. The third-order valence-corrected chi connectivity index (χ3v) is 5.40. The van der Waals surface area contributed by atoms with E-state index in [1.54, 1.807) is 13.2 Å². The fourth-order valence-electron chi connectivity index (χ4n) is 2.02. The fourth-order valence-corrected chi connectivity index (χ4v) is 4.27. The van der Waals surface area contributed by atoms with E-state index in [9.17, 15) is 4.79 Å². The van der Waals surface area contributed by atoms with Gasteiger partial charge in [-0.05, 0) is 0 Å². The van der Waals surface area contributed by atoms with Gasteiger partial charge in [-0.1, -0.05) is 0 Å². The van der Waals surface area contributed by atoms with Crippen LogP contribution in [0.4, 0.5) is 0 Å². The third-order valence-electron chi connectivity index (χ3n) is 2.99. The van der Waals surface area contributed by atoms with Crippen molar-refractivity contribution in [3.8, 4) is 15.8 Å². The van der Waals surface area contributed by atoms with Gasteiger partial charge in [0, 0.05) is 0 Å². The molecule has 19 heavy (non-hydrogen) atoms. The number of benzene rings is 2. The van der Waals surface area contributed by atoms with Crippen molar-refractivity contribution >= 4 is 24.1 Å². The molecule has 1 heterocycles. The number of hydrogen-bond donors (Lipinski definition) is 0. The Balaban J connectivity index is 2.22. The molecule has 0 fully saturated rings. The molecule has 2 aromatic carbocycles. The Hall–Kier alpha value is -1.83. The maximum absolute atomic E-state index is 12.1. The molecule has 0 aliphatic heterocycles. The van der Waals surface area contributed by atoms with Crippen LogP contribution in [0.15, 0.2) is 59.4 Å². The molecule has 0 N–H and O–H groups in total. The van der Waals surface area contributed by atoms with Crippen LogP contribution >= 0.6 is 0 Å². The van der Waals surface area contributed by atoms with Crippen LogP contribution in [0.1, 0.15) is 0 Å². The van der Waals surface area contributed by atoms with Gasteiger partial charge in [-0.2, -0.15) is 0 Å². The van der Waals surface area contributed by atoms with Gasteiger partial charge in [0.05, 0.1) is 0 Å². The number of rotatable bonds is 2. The summed E-state index contributed by atoms with van der Waals surface area (Å²) in [6.45, 7) is 0. The van der Waals surface area contributed by atoms with E-state index < -0.39 is 0 Å². The van der Waals surface area contributed by atoms with Crippen LogP contribution in [-0.4, -0.2) is 21.6 Å². The van der Waals surface area contributed by atoms with Crippen molar-refractivity contribution in [1.29, 1.82) is 0 Å². The van der Waals surface area contributed by atoms with Crippen LogP contribution in [-0.2, 0) is 0 Å². The number of hydrogen-bond acceptors (Lipinski definition) is 2. The first-order valence-electron chi connectivity index (χ1n) is 5.95. The van der Waals surface area contributed by atoms with Gasteiger partial charge in [0.2, 0.25) is 0 Å². The average molecular weight is 315 g/mol. The Morgan fingerprint density at radius 3 is 2.68 bits per heavy atom. The second-order valence-electron chi connectivity index (χ2n) is 4.20. The van der Waals surface area contributed by atoms with Crippen molar-refractivity contribution in [3.63, 3.8) is 0 Å². The van der Waals surface area contributed by atoms with E-state index >= 15 is 0 Å². The van der Waals surface area contributed by atoms with E-state index in [0.29, 0.717) is 0 Å². The Labute approximate surface area is 117 Å². The van der Waals surface area contributed by atoms with Crippen LogP contribution in [0.2, 0.25) is 0 Å². The summed E-state index contributed by atoms with van der Waals surface area (Å²) < 4.78 is 7.50. The molecule has 3 rings (SSSR count). The number of methoxy groups -OCH3 is 1. The average Bonchev–Trinajstić information content (AvgIpc) is 2.47. The maximum atomic E-state index is 12.1. The van der Waals surface area contributed by atoms with Crippen LogP contribution in [0, 0.1) is 0 Å². The van der Waals surface area contributed by atoms with Crippen molar-refractivity contribution in [2.24, 2.45) is 0 Å². The molecule has 0 aliphatic rings. The molecular formula is C16H12O2Se. The summed E-state index contributed by atoms with van der Waals surface area (Å²) in [5.74, 6) is 0.820. The van der Waals surface area contributed by atoms with Crippen LogP contribution in [0.5, 0.6) is 5.75 Å². The number of fused-ring (bicyclic) bond motifs is 1. The molecule has 0 saturated heterocycles. The molecule has 3 aromatic rings. The van der Waals surface area contributed by atoms with Gasteiger partial charge in [-0.15, -0.1) is 0 Å². The van der Waals surface area contributed by atoms with Crippen molar-refractivity contribution < 1.29 is 4.74 Å². The molecule has 0 radical (unpaired) electrons. The van der Waals surface area contributed by atoms with Gasteiger partial charge < -0.3 is 0 Å². The molecule has 0 spiro atoms. The normalized spacial score (nSPS) is 10.6. The van der Waals surface area contributed by atoms with Gasteiger partial charge in [0.1, 0.15) is 0 Å². The zero-order valence-electron chi connectivity index (χ0n) is 10.4. The second kappa shape index (κ2) is 5.04. The molecule has 0 unspecified atom stereocenters. The fraction of sp³-hybridized carbons (Fsp3) is 0.0625. The molecule has 1 aromatic heterocycles. The van der Waals surface area contributed by atoms with E-state index in [1.807, 2.05) is 48.5 Å². The SMILES string of the molecule is COc1cccc(-c2cc(=O)c3ccccc3[se]2)c1. The summed E-state index contributed by atoms with van der Waals surface area (Å²) in [7, 11) is 1.65. The summed E-state index contributed by atoms with van der Waals surface area (Å²) in [4.78, 5) is 12.1. The first-order valence-corrected chi connectivity index (χ1v) is 7.66. The van der Waals surface area contributed by atoms with Gasteiger partial charge in [0.25, 0.3) is 0 Å². The Bertz CT molecular complexity index is 790. The molecule has 0 atom stereocenters. The van der Waals surface area contributed by atoms with E-state index in [4.69, 9.17) is 4.74 Å². The summed E-state index contributed by atoms with van der Waals surface area (Å²) in [5.41, 5.74) is 1.17. The van der Waals surface area contributed by atoms with Crippen molar-refractivity contribution in [2.75, 3.05) is 7.11 Å². The quantitative estimate of drug-likeness (QED) is 0.680. The summed E-state index contributed by atoms with van der Waals surface area (Å²) >= 11 is 0.164. The molecule has 3 heteroatoms. The first kappa shape index (κ1) is 12.2. The van der Waals surface area contributed by atoms with Gasteiger partial charge >= 0.3 is 117 Å². The predicted octanol–water partition coefficient (Wildman–Crippen LogP) is 2.93. The van der Waals surface area contributed by atoms with Gasteiger partial charge in [-0.3, -0.25) is 0 Å². The predicted molar refractivity (Wildman–Crippen MR) is 79.1 cm³/mol. The Morgan fingerprint density at radius 2 is 1.84 bits per heavy atom. The topological polar surface area (TPSA) is 26.3 Å². The third kappa shape index (κ3) is 2.35. The van der Waals surface area contributed by atoms with Crippen LogP contribution < -0.4 is 10.2 Å². The summed E-state index contributed by atoms with van der Waals surface area (Å²) in [6.07, 6.45) is 0. The molecule has 2 nitrogen and oxygen atoms in total. The van der Waals surface area contributed by atoms with Gasteiger partial charge in [-0.25, -0.2) is 0 Å². The zero-order chi connectivity index (χ0) is 13.2. The summed E-state index contributed by atoms with van der Waals surface area (Å²) in [5, 5.41) is 0.842. The van der Waals surface area contributed by atoms with Crippen LogP contribution in [0.25, 0.3) is 19.6 Å². The summed E-state index contributed by atoms with van der Waals surface area (Å²) in [6, 6.07) is 17.5. The van der Waals surface area contributed by atoms with E-state index in [2.05, 4.69) is 0 Å². The number of ether oxygens (including phenoxy) is 1. The molecule has 0 aliphatic carbocycles. The van der Waals surface area contributed by atoms with E-state index in [-0.39, 0.29) is 19.9 Å². The minimum atomic E-state index is 0.0987. The second-order valence-corrected chi connectivity index (χ2v) is 6.48. The monoisotopic (exact) mass is 316 g/mol. The first-order chi connectivity index (χ1) is 9.28. The molecular weight excluding hydrogens is 303 g/mol. The molecule has 94 valence electrons. The van der Waals surface area contributed by atoms with Crippen LogP contribution in [0.3, 0.4) is 0 Å².